The monoisotopic (exact) mass is 283 g/mol. The largest absolute Gasteiger partial charge is 0.459 e. The molecular weight excluding hydrogens is 262 g/mol. The van der Waals surface area contributed by atoms with Crippen molar-refractivity contribution in [2.24, 2.45) is 0 Å². The maximum atomic E-state index is 9.45. The third-order valence-electron chi connectivity index (χ3n) is 3.29. The van der Waals surface area contributed by atoms with Gasteiger partial charge >= 0.3 is 0 Å². The number of hydrogen-bond acceptors (Lipinski definition) is 3. The van der Waals surface area contributed by atoms with E-state index in [0.717, 1.165) is 16.7 Å². The van der Waals surface area contributed by atoms with Crippen molar-refractivity contribution in [3.05, 3.63) is 35.1 Å². The fourth-order valence-electron chi connectivity index (χ4n) is 2.16. The molecule has 2 aromatic rings. The fourth-order valence-corrected chi connectivity index (χ4v) is 2.16. The highest BCUT2D eigenvalue weighted by molar-refractivity contribution is 5.85. The first kappa shape index (κ1) is 16.0. The van der Waals surface area contributed by atoms with Gasteiger partial charge in [0.25, 0.3) is 0 Å². The van der Waals surface area contributed by atoms with Gasteiger partial charge in [-0.15, -0.1) is 12.4 Å². The van der Waals surface area contributed by atoms with Crippen LogP contribution in [0.5, 0.6) is 0 Å². The zero-order valence-electron chi connectivity index (χ0n) is 11.9. The lowest BCUT2D eigenvalue weighted by atomic mass is 10.1. The number of aliphatic hydroxyl groups is 1. The first-order valence-electron chi connectivity index (χ1n) is 6.39. The Morgan fingerprint density at radius 2 is 1.95 bits per heavy atom. The molecule has 1 atom stereocenters. The summed E-state index contributed by atoms with van der Waals surface area (Å²) in [5.41, 5.74) is 3.31. The van der Waals surface area contributed by atoms with Gasteiger partial charge in [0, 0.05) is 11.4 Å². The van der Waals surface area contributed by atoms with E-state index in [0.29, 0.717) is 6.04 Å². The third kappa shape index (κ3) is 3.30. The number of aryl methyl sites for hydroxylation is 2. The molecule has 0 fully saturated rings. The number of rotatable bonds is 4. The van der Waals surface area contributed by atoms with Gasteiger partial charge < -0.3 is 14.8 Å². The smallest absolute Gasteiger partial charge is 0.137 e. The molecule has 2 N–H and O–H groups in total. The zero-order chi connectivity index (χ0) is 13.3. The summed E-state index contributed by atoms with van der Waals surface area (Å²) in [6.45, 7) is 8.29. The number of aliphatic hydroxyl groups excluding tert-OH is 1. The van der Waals surface area contributed by atoms with Gasteiger partial charge in [-0.1, -0.05) is 26.0 Å². The normalized spacial score (nSPS) is 12.7. The maximum Gasteiger partial charge on any atom is 0.137 e. The van der Waals surface area contributed by atoms with Crippen molar-refractivity contribution < 1.29 is 9.52 Å². The van der Waals surface area contributed by atoms with Crippen LogP contribution in [0, 0.1) is 13.8 Å². The molecule has 1 aromatic heterocycles. The van der Waals surface area contributed by atoms with Gasteiger partial charge in [-0.25, -0.2) is 0 Å². The average Bonchev–Trinajstić information content (AvgIpc) is 2.75. The standard InChI is InChI=1S/C15H21NO2.ClH/c1-9(2)16-13(8-17)14-7-12-6-5-10(3)11(4)15(12)18-14;/h5-7,9,13,16-17H,8H2,1-4H3;1H. The van der Waals surface area contributed by atoms with Crippen LogP contribution in [0.25, 0.3) is 11.0 Å². The second-order valence-electron chi connectivity index (χ2n) is 5.13. The van der Waals surface area contributed by atoms with Crippen molar-refractivity contribution >= 4 is 23.4 Å². The SMILES string of the molecule is Cc1ccc2cc(C(CO)NC(C)C)oc2c1C.Cl. The molecule has 0 bridgehead atoms. The summed E-state index contributed by atoms with van der Waals surface area (Å²) < 4.78 is 5.91. The summed E-state index contributed by atoms with van der Waals surface area (Å²) >= 11 is 0. The lowest BCUT2D eigenvalue weighted by molar-refractivity contribution is 0.221. The molecule has 4 heteroatoms. The van der Waals surface area contributed by atoms with Crippen molar-refractivity contribution in [1.29, 1.82) is 0 Å². The molecule has 3 nitrogen and oxygen atoms in total. The Labute approximate surface area is 120 Å². The molecule has 0 radical (unpaired) electrons. The van der Waals surface area contributed by atoms with Crippen LogP contribution in [-0.2, 0) is 0 Å². The van der Waals surface area contributed by atoms with E-state index in [4.69, 9.17) is 4.42 Å². The van der Waals surface area contributed by atoms with Gasteiger partial charge in [-0.3, -0.25) is 0 Å². The lowest BCUT2D eigenvalue weighted by Crippen LogP contribution is -2.30. The minimum Gasteiger partial charge on any atom is -0.459 e. The Balaban J connectivity index is 0.00000180. The minimum absolute atomic E-state index is 0. The quantitative estimate of drug-likeness (QED) is 0.903. The van der Waals surface area contributed by atoms with Crippen molar-refractivity contribution in [3.63, 3.8) is 0 Å². The van der Waals surface area contributed by atoms with Crippen molar-refractivity contribution in [3.8, 4) is 0 Å². The van der Waals surface area contributed by atoms with E-state index in [9.17, 15) is 5.11 Å². The maximum absolute atomic E-state index is 9.45. The van der Waals surface area contributed by atoms with Crippen LogP contribution in [0.2, 0.25) is 0 Å². The number of hydrogen-bond donors (Lipinski definition) is 2. The summed E-state index contributed by atoms with van der Waals surface area (Å²) in [4.78, 5) is 0. The summed E-state index contributed by atoms with van der Waals surface area (Å²) in [5, 5.41) is 13.8. The molecular formula is C15H22ClNO2. The van der Waals surface area contributed by atoms with Crippen LogP contribution >= 0.6 is 12.4 Å². The highest BCUT2D eigenvalue weighted by atomic mass is 35.5. The Hall–Kier alpha value is -1.03. The Morgan fingerprint density at radius 1 is 1.26 bits per heavy atom. The van der Waals surface area contributed by atoms with Gasteiger partial charge in [-0.2, -0.15) is 0 Å². The predicted octanol–water partition coefficient (Wildman–Crippen LogP) is 3.50. The van der Waals surface area contributed by atoms with E-state index in [1.165, 1.54) is 11.1 Å². The molecule has 0 amide bonds. The second kappa shape index (κ2) is 6.42. The predicted molar refractivity (Wildman–Crippen MR) is 81.0 cm³/mol. The van der Waals surface area contributed by atoms with E-state index in [2.05, 4.69) is 45.1 Å². The fraction of sp³-hybridized carbons (Fsp3) is 0.467. The zero-order valence-corrected chi connectivity index (χ0v) is 12.7. The van der Waals surface area contributed by atoms with Gasteiger partial charge in [0.05, 0.1) is 12.6 Å². The van der Waals surface area contributed by atoms with Crippen LogP contribution in [0.4, 0.5) is 0 Å². The average molecular weight is 284 g/mol. The van der Waals surface area contributed by atoms with Crippen LogP contribution in [0.3, 0.4) is 0 Å². The van der Waals surface area contributed by atoms with Gasteiger partial charge in [-0.05, 0) is 31.0 Å². The number of fused-ring (bicyclic) bond motifs is 1. The summed E-state index contributed by atoms with van der Waals surface area (Å²) in [7, 11) is 0. The molecule has 0 aliphatic rings. The number of halogens is 1. The Morgan fingerprint density at radius 3 is 2.53 bits per heavy atom. The molecule has 0 aliphatic heterocycles. The van der Waals surface area contributed by atoms with Crippen molar-refractivity contribution in [1.82, 2.24) is 5.32 Å². The van der Waals surface area contributed by atoms with E-state index in [1.54, 1.807) is 0 Å². The van der Waals surface area contributed by atoms with Crippen molar-refractivity contribution in [2.45, 2.75) is 39.8 Å². The first-order chi connectivity index (χ1) is 8.52. The molecule has 0 saturated heterocycles. The molecule has 1 aromatic carbocycles. The van der Waals surface area contributed by atoms with Crippen LogP contribution in [-0.4, -0.2) is 17.8 Å². The number of nitrogens with one attached hydrogen (secondary N) is 1. The molecule has 0 aliphatic carbocycles. The summed E-state index contributed by atoms with van der Waals surface area (Å²) in [6.07, 6.45) is 0. The Kier molecular flexibility index (Phi) is 5.41. The number of furan rings is 1. The third-order valence-corrected chi connectivity index (χ3v) is 3.29. The van der Waals surface area contributed by atoms with Gasteiger partial charge in [0.2, 0.25) is 0 Å². The lowest BCUT2D eigenvalue weighted by Gasteiger charge is -2.16. The molecule has 0 saturated carbocycles. The van der Waals surface area contributed by atoms with Gasteiger partial charge in [0.15, 0.2) is 0 Å². The topological polar surface area (TPSA) is 45.4 Å². The molecule has 2 rings (SSSR count). The minimum atomic E-state index is -0.142. The molecule has 106 valence electrons. The molecule has 1 unspecified atom stereocenters. The van der Waals surface area contributed by atoms with E-state index in [1.807, 2.05) is 6.07 Å². The second-order valence-corrected chi connectivity index (χ2v) is 5.13. The van der Waals surface area contributed by atoms with Gasteiger partial charge in [0.1, 0.15) is 11.3 Å². The Bertz CT molecular complexity index is 548. The number of benzene rings is 1. The van der Waals surface area contributed by atoms with Crippen LogP contribution in [0.15, 0.2) is 22.6 Å². The highest BCUT2D eigenvalue weighted by Crippen LogP contribution is 2.28. The van der Waals surface area contributed by atoms with E-state index < -0.39 is 0 Å². The first-order valence-corrected chi connectivity index (χ1v) is 6.39. The van der Waals surface area contributed by atoms with Crippen molar-refractivity contribution in [2.75, 3.05) is 6.61 Å². The molecule has 1 heterocycles. The van der Waals surface area contributed by atoms with E-state index >= 15 is 0 Å². The summed E-state index contributed by atoms with van der Waals surface area (Å²) in [5.74, 6) is 0.801. The highest BCUT2D eigenvalue weighted by Gasteiger charge is 2.17. The molecule has 19 heavy (non-hydrogen) atoms. The molecule has 0 spiro atoms. The van der Waals surface area contributed by atoms with Crippen LogP contribution < -0.4 is 5.32 Å². The van der Waals surface area contributed by atoms with Crippen LogP contribution in [0.1, 0.15) is 36.8 Å². The van der Waals surface area contributed by atoms with E-state index in [-0.39, 0.29) is 25.1 Å². The summed E-state index contributed by atoms with van der Waals surface area (Å²) in [6, 6.07) is 6.34.